The molecule has 0 bridgehead atoms. The van der Waals surface area contributed by atoms with Crippen molar-refractivity contribution >= 4 is 23.2 Å². The molecule has 162 valence electrons. The Labute approximate surface area is 179 Å². The molecule has 1 aromatic rings. The third-order valence-electron chi connectivity index (χ3n) is 6.46. The maximum atomic E-state index is 12.7. The van der Waals surface area contributed by atoms with E-state index in [1.807, 2.05) is 32.5 Å². The minimum Gasteiger partial charge on any atom is -0.356 e. The summed E-state index contributed by atoms with van der Waals surface area (Å²) < 4.78 is 0. The number of amides is 1. The summed E-state index contributed by atoms with van der Waals surface area (Å²) in [7, 11) is 5.54. The van der Waals surface area contributed by atoms with Gasteiger partial charge < -0.3 is 15.5 Å². The fourth-order valence-electron chi connectivity index (χ4n) is 4.68. The lowest BCUT2D eigenvalue weighted by Gasteiger charge is -2.33. The molecule has 3 rings (SSSR count). The number of aliphatic imine (C=N–C) groups is 1. The number of likely N-dealkylation sites (tertiary alicyclic amines) is 1. The average molecular weight is 420 g/mol. The van der Waals surface area contributed by atoms with Crippen molar-refractivity contribution in [3.63, 3.8) is 0 Å². The van der Waals surface area contributed by atoms with Crippen LogP contribution in [-0.4, -0.2) is 69.0 Å². The highest BCUT2D eigenvalue weighted by Gasteiger charge is 2.42. The van der Waals surface area contributed by atoms with Crippen LogP contribution in [0.2, 0.25) is 0 Å². The smallest absolute Gasteiger partial charge is 0.230 e. The maximum Gasteiger partial charge on any atom is 0.230 e. The zero-order valence-corrected chi connectivity index (χ0v) is 19.1. The second-order valence-electron chi connectivity index (χ2n) is 8.79. The van der Waals surface area contributed by atoms with Crippen molar-refractivity contribution in [1.29, 1.82) is 0 Å². The predicted octanol–water partition coefficient (Wildman–Crippen LogP) is 2.77. The van der Waals surface area contributed by atoms with Crippen LogP contribution >= 0.6 is 11.3 Å². The van der Waals surface area contributed by atoms with Crippen LogP contribution in [-0.2, 0) is 11.3 Å². The molecule has 1 saturated heterocycles. The van der Waals surface area contributed by atoms with Crippen LogP contribution in [0.15, 0.2) is 22.5 Å². The first kappa shape index (κ1) is 22.1. The molecule has 2 fully saturated rings. The van der Waals surface area contributed by atoms with Crippen LogP contribution in [0.1, 0.15) is 43.4 Å². The van der Waals surface area contributed by atoms with Gasteiger partial charge in [-0.3, -0.25) is 14.7 Å². The van der Waals surface area contributed by atoms with Crippen LogP contribution in [0.4, 0.5) is 0 Å². The molecule has 6 nitrogen and oxygen atoms in total. The van der Waals surface area contributed by atoms with Crippen LogP contribution in [0.3, 0.4) is 0 Å². The largest absolute Gasteiger partial charge is 0.356 e. The molecule has 2 heterocycles. The summed E-state index contributed by atoms with van der Waals surface area (Å²) >= 11 is 1.85. The molecule has 0 atom stereocenters. The van der Waals surface area contributed by atoms with E-state index < -0.39 is 0 Å². The average Bonchev–Trinajstić information content (AvgIpc) is 3.41. The topological polar surface area (TPSA) is 60.0 Å². The molecule has 1 aliphatic heterocycles. The number of carbonyl (C=O) groups excluding carboxylic acids is 1. The van der Waals surface area contributed by atoms with Gasteiger partial charge in [-0.15, -0.1) is 11.3 Å². The van der Waals surface area contributed by atoms with Gasteiger partial charge in [-0.05, 0) is 56.1 Å². The summed E-state index contributed by atoms with van der Waals surface area (Å²) in [5, 5.41) is 9.11. The quantitative estimate of drug-likeness (QED) is 0.527. The minimum atomic E-state index is -0.270. The predicted molar refractivity (Wildman–Crippen MR) is 121 cm³/mol. The van der Waals surface area contributed by atoms with Crippen LogP contribution in [0, 0.1) is 11.3 Å². The van der Waals surface area contributed by atoms with E-state index >= 15 is 0 Å². The number of hydrogen-bond acceptors (Lipinski definition) is 4. The number of piperidine rings is 1. The lowest BCUT2D eigenvalue weighted by molar-refractivity contribution is -0.138. The Kier molecular flexibility index (Phi) is 7.95. The minimum absolute atomic E-state index is 0.246. The van der Waals surface area contributed by atoms with Crippen molar-refractivity contribution in [3.8, 4) is 0 Å². The van der Waals surface area contributed by atoms with E-state index in [4.69, 9.17) is 0 Å². The Morgan fingerprint density at radius 3 is 2.59 bits per heavy atom. The summed E-state index contributed by atoms with van der Waals surface area (Å²) in [6.45, 7) is 5.03. The summed E-state index contributed by atoms with van der Waals surface area (Å²) in [5.41, 5.74) is -0.270. The standard InChI is InChI=1S/C22H37N5OS/c1-23-21(25-17-22(10-4-5-11-22)20(28)26(2)3)24-15-18-8-12-27(13-9-18)16-19-7-6-14-29-19/h6-7,14,18H,4-5,8-13,15-17H2,1-3H3,(H2,23,24,25). The number of carbonyl (C=O) groups is 1. The molecule has 1 aromatic heterocycles. The molecule has 0 radical (unpaired) electrons. The van der Waals surface area contributed by atoms with Gasteiger partial charge in [-0.25, -0.2) is 0 Å². The number of nitrogens with one attached hydrogen (secondary N) is 2. The number of guanidine groups is 1. The maximum absolute atomic E-state index is 12.7. The molecule has 0 unspecified atom stereocenters. The molecule has 0 aromatic carbocycles. The highest BCUT2D eigenvalue weighted by molar-refractivity contribution is 7.09. The normalized spacial score (nSPS) is 20.6. The van der Waals surface area contributed by atoms with E-state index in [2.05, 4.69) is 38.0 Å². The monoisotopic (exact) mass is 419 g/mol. The molecule has 1 amide bonds. The lowest BCUT2D eigenvalue weighted by Crippen LogP contribution is -2.50. The van der Waals surface area contributed by atoms with Crippen LogP contribution in [0.5, 0.6) is 0 Å². The summed E-state index contributed by atoms with van der Waals surface area (Å²) in [6.07, 6.45) is 6.65. The van der Waals surface area contributed by atoms with Gasteiger partial charge in [0.25, 0.3) is 0 Å². The molecule has 1 aliphatic carbocycles. The van der Waals surface area contributed by atoms with Crippen molar-refractivity contribution in [2.24, 2.45) is 16.3 Å². The molecular weight excluding hydrogens is 382 g/mol. The van der Waals surface area contributed by atoms with Crippen molar-refractivity contribution in [1.82, 2.24) is 20.4 Å². The van der Waals surface area contributed by atoms with Gasteiger partial charge in [0, 0.05) is 45.7 Å². The summed E-state index contributed by atoms with van der Waals surface area (Å²) in [6, 6.07) is 4.36. The molecule has 2 N–H and O–H groups in total. The summed E-state index contributed by atoms with van der Waals surface area (Å²) in [4.78, 5) is 22.9. The SMILES string of the molecule is CN=C(NCC1CCN(Cc2cccs2)CC1)NCC1(C(=O)N(C)C)CCCC1. The van der Waals surface area contributed by atoms with Crippen LogP contribution in [0.25, 0.3) is 0 Å². The lowest BCUT2D eigenvalue weighted by atomic mass is 9.84. The Balaban J connectivity index is 1.41. The van der Waals surface area contributed by atoms with Gasteiger partial charge in [0.1, 0.15) is 0 Å². The van der Waals surface area contributed by atoms with Gasteiger partial charge >= 0.3 is 0 Å². The fraction of sp³-hybridized carbons (Fsp3) is 0.727. The first-order valence-corrected chi connectivity index (χ1v) is 11.8. The second kappa shape index (κ2) is 10.4. The third-order valence-corrected chi connectivity index (χ3v) is 7.32. The molecule has 1 saturated carbocycles. The van der Waals surface area contributed by atoms with Crippen LogP contribution < -0.4 is 10.6 Å². The van der Waals surface area contributed by atoms with Gasteiger partial charge in [0.15, 0.2) is 5.96 Å². The zero-order chi connectivity index (χ0) is 20.7. The zero-order valence-electron chi connectivity index (χ0n) is 18.2. The summed E-state index contributed by atoms with van der Waals surface area (Å²) in [5.74, 6) is 1.75. The fourth-order valence-corrected chi connectivity index (χ4v) is 5.42. The van der Waals surface area contributed by atoms with E-state index in [0.29, 0.717) is 12.5 Å². The Morgan fingerprint density at radius 2 is 2.00 bits per heavy atom. The molecule has 7 heteroatoms. The molecular formula is C22H37N5OS. The van der Waals surface area contributed by atoms with Crippen molar-refractivity contribution in [2.75, 3.05) is 47.3 Å². The molecule has 2 aliphatic rings. The second-order valence-corrected chi connectivity index (χ2v) is 9.82. The third kappa shape index (κ3) is 5.95. The number of thiophene rings is 1. The van der Waals surface area contributed by atoms with Crippen molar-refractivity contribution in [3.05, 3.63) is 22.4 Å². The van der Waals surface area contributed by atoms with Gasteiger partial charge in [0.2, 0.25) is 5.91 Å². The van der Waals surface area contributed by atoms with Crippen molar-refractivity contribution in [2.45, 2.75) is 45.1 Å². The van der Waals surface area contributed by atoms with E-state index in [9.17, 15) is 4.79 Å². The number of hydrogen-bond donors (Lipinski definition) is 2. The van der Waals surface area contributed by atoms with E-state index in [-0.39, 0.29) is 11.3 Å². The highest BCUT2D eigenvalue weighted by atomic mass is 32.1. The highest BCUT2D eigenvalue weighted by Crippen LogP contribution is 2.38. The van der Waals surface area contributed by atoms with E-state index in [1.165, 1.54) is 17.7 Å². The van der Waals surface area contributed by atoms with Gasteiger partial charge in [0.05, 0.1) is 5.41 Å². The Morgan fingerprint density at radius 1 is 1.28 bits per heavy atom. The van der Waals surface area contributed by atoms with Gasteiger partial charge in [-0.2, -0.15) is 0 Å². The number of rotatable bonds is 7. The van der Waals surface area contributed by atoms with Gasteiger partial charge in [-0.1, -0.05) is 18.9 Å². The first-order chi connectivity index (χ1) is 14.0. The Bertz CT molecular complexity index is 659. The molecule has 29 heavy (non-hydrogen) atoms. The van der Waals surface area contributed by atoms with E-state index in [0.717, 1.165) is 57.8 Å². The van der Waals surface area contributed by atoms with E-state index in [1.54, 1.807) is 4.90 Å². The Hall–Kier alpha value is -1.60. The van der Waals surface area contributed by atoms with Crippen molar-refractivity contribution < 1.29 is 4.79 Å². The number of nitrogens with zero attached hydrogens (tertiary/aromatic N) is 3. The molecule has 0 spiro atoms. The first-order valence-electron chi connectivity index (χ1n) is 10.9.